The van der Waals surface area contributed by atoms with Crippen molar-refractivity contribution in [2.45, 2.75) is 27.2 Å². The van der Waals surface area contributed by atoms with Crippen molar-refractivity contribution >= 4 is 5.52 Å². The summed E-state index contributed by atoms with van der Waals surface area (Å²) in [6, 6.07) is 13.5. The molecule has 1 aromatic carbocycles. The Hall–Kier alpha value is -2.87. The molecule has 3 heterocycles. The van der Waals surface area contributed by atoms with Gasteiger partial charge in [-0.25, -0.2) is 4.57 Å². The summed E-state index contributed by atoms with van der Waals surface area (Å²) in [6.45, 7) is 6.62. The second-order valence-electron chi connectivity index (χ2n) is 7.65. The van der Waals surface area contributed by atoms with E-state index in [1.807, 2.05) is 0 Å². The van der Waals surface area contributed by atoms with Crippen LogP contribution in [0.5, 0.6) is 0 Å². The maximum Gasteiger partial charge on any atom is 0.213 e. The molecule has 2 heteroatoms. The Kier molecular flexibility index (Phi) is 3.14. The van der Waals surface area contributed by atoms with Crippen LogP contribution in [0.3, 0.4) is 0 Å². The number of aromatic nitrogens is 2. The van der Waals surface area contributed by atoms with Crippen molar-refractivity contribution in [3.63, 3.8) is 0 Å². The summed E-state index contributed by atoms with van der Waals surface area (Å²) in [5.41, 5.74) is 13.7. The summed E-state index contributed by atoms with van der Waals surface area (Å²) < 4.78 is 4.51. The highest BCUT2D eigenvalue weighted by Crippen LogP contribution is 2.43. The fourth-order valence-corrected chi connectivity index (χ4v) is 4.40. The molecule has 0 saturated carbocycles. The first-order valence-corrected chi connectivity index (χ1v) is 9.22. The molecule has 3 aromatic heterocycles. The number of nitrogens with zero attached hydrogens (tertiary/aromatic N) is 2. The van der Waals surface area contributed by atoms with Gasteiger partial charge in [-0.15, -0.1) is 0 Å². The average molecular weight is 339 g/mol. The van der Waals surface area contributed by atoms with E-state index in [-0.39, 0.29) is 0 Å². The lowest BCUT2D eigenvalue weighted by Crippen LogP contribution is -2.32. The Morgan fingerprint density at radius 3 is 2.62 bits per heavy atom. The molecule has 0 fully saturated rings. The van der Waals surface area contributed by atoms with Crippen LogP contribution >= 0.6 is 0 Å². The topological polar surface area (TPSA) is 8.29 Å². The Bertz CT molecular complexity index is 1190. The molecule has 26 heavy (non-hydrogen) atoms. The first-order valence-electron chi connectivity index (χ1n) is 9.22. The van der Waals surface area contributed by atoms with E-state index in [0.29, 0.717) is 0 Å². The van der Waals surface area contributed by atoms with Crippen LogP contribution in [0.15, 0.2) is 55.0 Å². The third-order valence-corrected chi connectivity index (χ3v) is 5.92. The predicted molar refractivity (Wildman–Crippen MR) is 106 cm³/mol. The van der Waals surface area contributed by atoms with Crippen molar-refractivity contribution in [2.24, 2.45) is 7.05 Å². The number of pyridine rings is 2. The molecule has 0 N–H and O–H groups in total. The minimum Gasteiger partial charge on any atom is -0.324 e. The van der Waals surface area contributed by atoms with Gasteiger partial charge in [0, 0.05) is 36.0 Å². The fraction of sp³-hybridized carbons (Fsp3) is 0.208. The van der Waals surface area contributed by atoms with Crippen LogP contribution in [0.1, 0.15) is 27.8 Å². The second-order valence-corrected chi connectivity index (χ2v) is 7.65. The molecule has 0 amide bonds. The van der Waals surface area contributed by atoms with Crippen LogP contribution in [0.25, 0.3) is 27.9 Å². The normalized spacial score (nSPS) is 12.5. The van der Waals surface area contributed by atoms with Crippen molar-refractivity contribution < 1.29 is 4.57 Å². The van der Waals surface area contributed by atoms with E-state index in [4.69, 9.17) is 0 Å². The summed E-state index contributed by atoms with van der Waals surface area (Å²) in [7, 11) is 2.16. The smallest absolute Gasteiger partial charge is 0.213 e. The van der Waals surface area contributed by atoms with E-state index in [9.17, 15) is 0 Å². The van der Waals surface area contributed by atoms with Crippen LogP contribution in [-0.4, -0.2) is 4.40 Å². The molecule has 0 aliphatic heterocycles. The van der Waals surface area contributed by atoms with Crippen LogP contribution in [0.4, 0.5) is 0 Å². The van der Waals surface area contributed by atoms with E-state index in [0.717, 1.165) is 6.42 Å². The summed E-state index contributed by atoms with van der Waals surface area (Å²) in [5, 5.41) is 0. The molecular weight excluding hydrogens is 316 g/mol. The number of hydrogen-bond acceptors (Lipinski definition) is 0. The summed E-state index contributed by atoms with van der Waals surface area (Å²) in [5.74, 6) is 0. The lowest BCUT2D eigenvalue weighted by Gasteiger charge is -2.12. The molecule has 1 aliphatic rings. The third-order valence-electron chi connectivity index (χ3n) is 5.92. The molecule has 0 radical (unpaired) electrons. The lowest BCUT2D eigenvalue weighted by atomic mass is 9.93. The minimum atomic E-state index is 1.00. The molecule has 0 saturated heterocycles. The maximum absolute atomic E-state index is 2.34. The van der Waals surface area contributed by atoms with E-state index in [1.165, 1.54) is 55.7 Å². The highest BCUT2D eigenvalue weighted by atomic mass is 14.9. The van der Waals surface area contributed by atoms with Gasteiger partial charge in [0.05, 0.1) is 5.56 Å². The van der Waals surface area contributed by atoms with Gasteiger partial charge >= 0.3 is 0 Å². The molecule has 2 nitrogen and oxygen atoms in total. The molecule has 1 aliphatic carbocycles. The number of rotatable bonds is 1. The standard InChI is InChI=1S/C24H23N2/c1-15-7-8-20-21-12-19-6-5-9-26(19)14-18(21)11-22(20)24(15)23-10-16(2)17(3)13-25(23)4/h5-10,12-14H,11H2,1-4H3/q+1. The zero-order valence-corrected chi connectivity index (χ0v) is 15.8. The van der Waals surface area contributed by atoms with Gasteiger partial charge in [-0.3, -0.25) is 0 Å². The van der Waals surface area contributed by atoms with Gasteiger partial charge in [0.25, 0.3) is 0 Å². The Morgan fingerprint density at radius 1 is 0.923 bits per heavy atom. The van der Waals surface area contributed by atoms with Gasteiger partial charge in [-0.05, 0) is 72.4 Å². The van der Waals surface area contributed by atoms with E-state index in [2.05, 4.69) is 91.8 Å². The first kappa shape index (κ1) is 15.4. The number of fused-ring (bicyclic) bond motifs is 4. The fourth-order valence-electron chi connectivity index (χ4n) is 4.40. The number of benzene rings is 1. The van der Waals surface area contributed by atoms with Crippen LogP contribution in [0, 0.1) is 20.8 Å². The third kappa shape index (κ3) is 2.08. The number of aryl methyl sites for hydroxylation is 4. The van der Waals surface area contributed by atoms with Crippen LogP contribution in [0.2, 0.25) is 0 Å². The highest BCUT2D eigenvalue weighted by molar-refractivity contribution is 5.86. The van der Waals surface area contributed by atoms with Crippen molar-refractivity contribution in [3.8, 4) is 22.4 Å². The van der Waals surface area contributed by atoms with Crippen LogP contribution in [-0.2, 0) is 13.5 Å². The SMILES string of the molecule is Cc1cc(-c2c(C)ccc3c2Cc2cn4cccc4cc2-3)[n+](C)cc1C. The van der Waals surface area contributed by atoms with Gasteiger partial charge in [0.1, 0.15) is 7.05 Å². The molecule has 5 rings (SSSR count). The molecule has 128 valence electrons. The molecule has 0 bridgehead atoms. The molecule has 4 aromatic rings. The van der Waals surface area contributed by atoms with Crippen LogP contribution < -0.4 is 4.57 Å². The second kappa shape index (κ2) is 5.31. The number of hydrogen-bond donors (Lipinski definition) is 0. The highest BCUT2D eigenvalue weighted by Gasteiger charge is 2.27. The van der Waals surface area contributed by atoms with Gasteiger partial charge in [0.15, 0.2) is 6.20 Å². The molecule has 0 spiro atoms. The van der Waals surface area contributed by atoms with Crippen molar-refractivity contribution in [3.05, 3.63) is 82.8 Å². The summed E-state index contributed by atoms with van der Waals surface area (Å²) in [4.78, 5) is 0. The largest absolute Gasteiger partial charge is 0.324 e. The van der Waals surface area contributed by atoms with Gasteiger partial charge in [0.2, 0.25) is 5.69 Å². The van der Waals surface area contributed by atoms with E-state index >= 15 is 0 Å². The zero-order chi connectivity index (χ0) is 18.0. The summed E-state index contributed by atoms with van der Waals surface area (Å²) >= 11 is 0. The molecule has 0 unspecified atom stereocenters. The lowest BCUT2D eigenvalue weighted by molar-refractivity contribution is -0.660. The van der Waals surface area contributed by atoms with Crippen molar-refractivity contribution in [1.82, 2.24) is 4.40 Å². The molecule has 0 atom stereocenters. The Labute approximate surface area is 154 Å². The van der Waals surface area contributed by atoms with Crippen molar-refractivity contribution in [2.75, 3.05) is 0 Å². The minimum absolute atomic E-state index is 1.00. The maximum atomic E-state index is 2.34. The predicted octanol–water partition coefficient (Wildman–Crippen LogP) is 4.93. The first-order chi connectivity index (χ1) is 12.5. The van der Waals surface area contributed by atoms with Gasteiger partial charge in [-0.2, -0.15) is 0 Å². The quantitative estimate of drug-likeness (QED) is 0.383. The Balaban J connectivity index is 1.78. The molecular formula is C24H23N2+. The van der Waals surface area contributed by atoms with Gasteiger partial charge in [-0.1, -0.05) is 12.1 Å². The summed E-state index contributed by atoms with van der Waals surface area (Å²) in [6.07, 6.45) is 7.68. The monoisotopic (exact) mass is 339 g/mol. The van der Waals surface area contributed by atoms with E-state index < -0.39 is 0 Å². The van der Waals surface area contributed by atoms with Crippen molar-refractivity contribution in [1.29, 1.82) is 0 Å². The Morgan fingerprint density at radius 2 is 1.77 bits per heavy atom. The van der Waals surface area contributed by atoms with E-state index in [1.54, 1.807) is 0 Å². The van der Waals surface area contributed by atoms with Gasteiger partial charge < -0.3 is 4.40 Å². The average Bonchev–Trinajstić information content (AvgIpc) is 3.20. The zero-order valence-electron chi connectivity index (χ0n) is 15.8.